The van der Waals surface area contributed by atoms with E-state index in [-0.39, 0.29) is 27.8 Å². The van der Waals surface area contributed by atoms with Gasteiger partial charge in [-0.15, -0.1) is 0 Å². The molecule has 102 valence electrons. The summed E-state index contributed by atoms with van der Waals surface area (Å²) in [4.78, 5) is 21.3. The van der Waals surface area contributed by atoms with Gasteiger partial charge in [0.15, 0.2) is 0 Å². The van der Waals surface area contributed by atoms with E-state index >= 15 is 0 Å². The summed E-state index contributed by atoms with van der Waals surface area (Å²) in [6.07, 6.45) is 0. The predicted molar refractivity (Wildman–Crippen MR) is 71.6 cm³/mol. The molecule has 0 bridgehead atoms. The Morgan fingerprint density at radius 1 is 1.20 bits per heavy atom. The lowest BCUT2D eigenvalue weighted by atomic mass is 10.2. The maximum absolute atomic E-state index is 11.1. The average molecular weight is 294 g/mol. The van der Waals surface area contributed by atoms with Crippen molar-refractivity contribution >= 4 is 23.3 Å². The van der Waals surface area contributed by atoms with E-state index in [0.717, 1.165) is 0 Å². The first-order chi connectivity index (χ1) is 9.49. The first kappa shape index (κ1) is 13.8. The Kier molecular flexibility index (Phi) is 3.86. The van der Waals surface area contributed by atoms with E-state index in [0.29, 0.717) is 0 Å². The zero-order chi connectivity index (χ0) is 14.7. The van der Waals surface area contributed by atoms with Crippen LogP contribution >= 0.6 is 11.6 Å². The van der Waals surface area contributed by atoms with Crippen molar-refractivity contribution in [1.82, 2.24) is 0 Å². The van der Waals surface area contributed by atoms with Gasteiger partial charge in [0, 0.05) is 17.2 Å². The topological polar surface area (TPSA) is 89.7 Å². The SMILES string of the molecule is O=C(O)c1ccccc1Oc1cc(Cl)ccc1[N+](=O)[O-]. The number of nitro groups is 1. The third-order valence-corrected chi connectivity index (χ3v) is 2.69. The number of nitro benzene ring substituents is 1. The molecule has 0 unspecified atom stereocenters. The lowest BCUT2D eigenvalue weighted by Gasteiger charge is -2.09. The standard InChI is InChI=1S/C13H8ClNO5/c14-8-5-6-10(15(18)19)12(7-8)20-11-4-2-1-3-9(11)13(16)17/h1-7H,(H,16,17). The lowest BCUT2D eigenvalue weighted by molar-refractivity contribution is -0.385. The molecule has 2 aromatic carbocycles. The molecule has 6 nitrogen and oxygen atoms in total. The number of para-hydroxylation sites is 1. The number of hydrogen-bond acceptors (Lipinski definition) is 4. The second-order valence-electron chi connectivity index (χ2n) is 3.77. The van der Waals surface area contributed by atoms with Crippen LogP contribution in [0, 0.1) is 10.1 Å². The van der Waals surface area contributed by atoms with Crippen LogP contribution in [0.25, 0.3) is 0 Å². The molecule has 2 aromatic rings. The molecule has 0 saturated heterocycles. The molecule has 0 spiro atoms. The predicted octanol–water partition coefficient (Wildman–Crippen LogP) is 3.74. The van der Waals surface area contributed by atoms with Crippen LogP contribution in [0.1, 0.15) is 10.4 Å². The number of carboxylic acids is 1. The van der Waals surface area contributed by atoms with Crippen molar-refractivity contribution in [2.45, 2.75) is 0 Å². The first-order valence-corrected chi connectivity index (χ1v) is 5.81. The number of halogens is 1. The fourth-order valence-corrected chi connectivity index (χ4v) is 1.73. The summed E-state index contributed by atoms with van der Waals surface area (Å²) >= 11 is 5.77. The molecule has 20 heavy (non-hydrogen) atoms. The van der Waals surface area contributed by atoms with Gasteiger partial charge in [0.25, 0.3) is 0 Å². The van der Waals surface area contributed by atoms with E-state index in [9.17, 15) is 14.9 Å². The molecular weight excluding hydrogens is 286 g/mol. The summed E-state index contributed by atoms with van der Waals surface area (Å²) in [5.74, 6) is -1.30. The molecule has 0 aliphatic rings. The number of rotatable bonds is 4. The van der Waals surface area contributed by atoms with E-state index in [1.165, 1.54) is 36.4 Å². The zero-order valence-corrected chi connectivity index (χ0v) is 10.7. The van der Waals surface area contributed by atoms with Crippen LogP contribution in [0.4, 0.5) is 5.69 Å². The number of hydrogen-bond donors (Lipinski definition) is 1. The molecule has 2 rings (SSSR count). The fraction of sp³-hybridized carbons (Fsp3) is 0. The number of carbonyl (C=O) groups is 1. The van der Waals surface area contributed by atoms with Gasteiger partial charge >= 0.3 is 11.7 Å². The molecule has 1 N–H and O–H groups in total. The minimum Gasteiger partial charge on any atom is -0.478 e. The third kappa shape index (κ3) is 2.86. The van der Waals surface area contributed by atoms with E-state index < -0.39 is 10.9 Å². The maximum atomic E-state index is 11.1. The highest BCUT2D eigenvalue weighted by Gasteiger charge is 2.18. The second-order valence-corrected chi connectivity index (χ2v) is 4.21. The Bertz CT molecular complexity index is 686. The minimum atomic E-state index is -1.19. The molecule has 0 saturated carbocycles. The van der Waals surface area contributed by atoms with Crippen molar-refractivity contribution < 1.29 is 19.6 Å². The monoisotopic (exact) mass is 293 g/mol. The van der Waals surface area contributed by atoms with Gasteiger partial charge in [-0.3, -0.25) is 10.1 Å². The quantitative estimate of drug-likeness (QED) is 0.685. The Balaban J connectivity index is 2.47. The Hall–Kier alpha value is -2.60. The molecule has 0 fully saturated rings. The van der Waals surface area contributed by atoms with Crippen LogP contribution in [-0.2, 0) is 0 Å². The smallest absolute Gasteiger partial charge is 0.339 e. The van der Waals surface area contributed by atoms with Crippen LogP contribution in [-0.4, -0.2) is 16.0 Å². The lowest BCUT2D eigenvalue weighted by Crippen LogP contribution is -2.00. The van der Waals surface area contributed by atoms with Gasteiger partial charge in [0.05, 0.1) is 4.92 Å². The normalized spacial score (nSPS) is 10.1. The highest BCUT2D eigenvalue weighted by atomic mass is 35.5. The Labute approximate surface area is 118 Å². The number of ether oxygens (including phenoxy) is 1. The van der Waals surface area contributed by atoms with Crippen molar-refractivity contribution in [2.75, 3.05) is 0 Å². The number of benzene rings is 2. The van der Waals surface area contributed by atoms with Crippen LogP contribution < -0.4 is 4.74 Å². The molecule has 0 aliphatic carbocycles. The zero-order valence-electron chi connectivity index (χ0n) is 9.95. The van der Waals surface area contributed by atoms with Gasteiger partial charge in [-0.2, -0.15) is 0 Å². The van der Waals surface area contributed by atoms with Gasteiger partial charge in [-0.1, -0.05) is 23.7 Å². The molecule has 7 heteroatoms. The molecule has 0 amide bonds. The highest BCUT2D eigenvalue weighted by Crippen LogP contribution is 2.34. The number of carboxylic acid groups (broad SMARTS) is 1. The van der Waals surface area contributed by atoms with Crippen molar-refractivity contribution in [3.8, 4) is 11.5 Å². The highest BCUT2D eigenvalue weighted by molar-refractivity contribution is 6.30. The largest absolute Gasteiger partial charge is 0.478 e. The van der Waals surface area contributed by atoms with E-state index in [1.54, 1.807) is 6.07 Å². The summed E-state index contributed by atoms with van der Waals surface area (Å²) in [5, 5.41) is 20.2. The van der Waals surface area contributed by atoms with E-state index in [1.807, 2.05) is 0 Å². The molecule has 0 radical (unpaired) electrons. The summed E-state index contributed by atoms with van der Waals surface area (Å²) < 4.78 is 5.34. The molecule has 0 aromatic heterocycles. The van der Waals surface area contributed by atoms with Crippen molar-refractivity contribution in [3.05, 3.63) is 63.2 Å². The van der Waals surface area contributed by atoms with Crippen LogP contribution in [0.15, 0.2) is 42.5 Å². The number of nitrogens with zero attached hydrogens (tertiary/aromatic N) is 1. The summed E-state index contributed by atoms with van der Waals surface area (Å²) in [6.45, 7) is 0. The fourth-order valence-electron chi connectivity index (χ4n) is 1.57. The number of aromatic carboxylic acids is 1. The molecule has 0 heterocycles. The minimum absolute atomic E-state index is 0.00497. The van der Waals surface area contributed by atoms with Crippen LogP contribution in [0.5, 0.6) is 11.5 Å². The average Bonchev–Trinajstić information content (AvgIpc) is 2.38. The van der Waals surface area contributed by atoms with E-state index in [2.05, 4.69) is 0 Å². The van der Waals surface area contributed by atoms with Crippen molar-refractivity contribution in [2.24, 2.45) is 0 Å². The van der Waals surface area contributed by atoms with Gasteiger partial charge < -0.3 is 9.84 Å². The van der Waals surface area contributed by atoms with Crippen LogP contribution in [0.3, 0.4) is 0 Å². The van der Waals surface area contributed by atoms with Gasteiger partial charge in [0.1, 0.15) is 11.3 Å². The second kappa shape index (κ2) is 5.58. The van der Waals surface area contributed by atoms with Crippen molar-refractivity contribution in [3.63, 3.8) is 0 Å². The van der Waals surface area contributed by atoms with Gasteiger partial charge in [-0.05, 0) is 18.2 Å². The molecular formula is C13H8ClNO5. The summed E-state index contributed by atoms with van der Waals surface area (Å²) in [5.41, 5.74) is -0.392. The van der Waals surface area contributed by atoms with Gasteiger partial charge in [0.2, 0.25) is 5.75 Å². The Morgan fingerprint density at radius 2 is 1.90 bits per heavy atom. The third-order valence-electron chi connectivity index (χ3n) is 2.46. The van der Waals surface area contributed by atoms with Crippen LogP contribution in [0.2, 0.25) is 5.02 Å². The summed E-state index contributed by atoms with van der Waals surface area (Å²) in [6, 6.07) is 9.66. The van der Waals surface area contributed by atoms with E-state index in [4.69, 9.17) is 21.4 Å². The summed E-state index contributed by atoms with van der Waals surface area (Å²) in [7, 11) is 0. The molecule has 0 atom stereocenters. The van der Waals surface area contributed by atoms with Crippen molar-refractivity contribution in [1.29, 1.82) is 0 Å². The van der Waals surface area contributed by atoms with Gasteiger partial charge in [-0.25, -0.2) is 4.79 Å². The Morgan fingerprint density at radius 3 is 2.55 bits per heavy atom. The maximum Gasteiger partial charge on any atom is 0.339 e. The molecule has 0 aliphatic heterocycles. The first-order valence-electron chi connectivity index (χ1n) is 5.43.